The third-order valence-corrected chi connectivity index (χ3v) is 2.75. The SMILES string of the molecule is COc1ccc(C=CC(=O)c2ccccn2)cc1OC. The van der Waals surface area contributed by atoms with E-state index in [-0.39, 0.29) is 5.78 Å². The van der Waals surface area contributed by atoms with Gasteiger partial charge in [0.05, 0.1) is 14.2 Å². The average Bonchev–Trinajstić information content (AvgIpc) is 2.53. The van der Waals surface area contributed by atoms with E-state index in [1.165, 1.54) is 6.08 Å². The van der Waals surface area contributed by atoms with Crippen molar-refractivity contribution in [2.45, 2.75) is 0 Å². The van der Waals surface area contributed by atoms with E-state index in [0.717, 1.165) is 5.56 Å². The number of ether oxygens (including phenoxy) is 2. The second-order valence-corrected chi connectivity index (χ2v) is 4.03. The molecule has 0 fully saturated rings. The van der Waals surface area contributed by atoms with Gasteiger partial charge < -0.3 is 9.47 Å². The number of nitrogens with zero attached hydrogens (tertiary/aromatic N) is 1. The highest BCUT2D eigenvalue weighted by atomic mass is 16.5. The quantitative estimate of drug-likeness (QED) is 0.618. The molecule has 0 saturated carbocycles. The third kappa shape index (κ3) is 3.23. The van der Waals surface area contributed by atoms with Gasteiger partial charge in [0, 0.05) is 6.20 Å². The van der Waals surface area contributed by atoms with Gasteiger partial charge in [-0.15, -0.1) is 0 Å². The maximum absolute atomic E-state index is 11.9. The number of pyridine rings is 1. The van der Waals surface area contributed by atoms with Crippen LogP contribution in [0, 0.1) is 0 Å². The summed E-state index contributed by atoms with van der Waals surface area (Å²) < 4.78 is 10.4. The number of carbonyl (C=O) groups is 1. The molecular weight excluding hydrogens is 254 g/mol. The van der Waals surface area contributed by atoms with Crippen molar-refractivity contribution in [3.8, 4) is 11.5 Å². The normalized spacial score (nSPS) is 10.5. The van der Waals surface area contributed by atoms with E-state index < -0.39 is 0 Å². The van der Waals surface area contributed by atoms with Crippen molar-refractivity contribution in [3.05, 3.63) is 59.9 Å². The predicted octanol–water partition coefficient (Wildman–Crippen LogP) is 2.99. The molecule has 20 heavy (non-hydrogen) atoms. The Morgan fingerprint density at radius 3 is 2.55 bits per heavy atom. The van der Waals surface area contributed by atoms with Gasteiger partial charge in [-0.2, -0.15) is 0 Å². The van der Waals surface area contributed by atoms with Crippen LogP contribution in [0.3, 0.4) is 0 Å². The number of methoxy groups -OCH3 is 2. The van der Waals surface area contributed by atoms with Crippen molar-refractivity contribution in [2.75, 3.05) is 14.2 Å². The van der Waals surface area contributed by atoms with Gasteiger partial charge in [-0.3, -0.25) is 9.78 Å². The first-order valence-electron chi connectivity index (χ1n) is 6.10. The van der Waals surface area contributed by atoms with Gasteiger partial charge >= 0.3 is 0 Å². The summed E-state index contributed by atoms with van der Waals surface area (Å²) in [6, 6.07) is 10.7. The van der Waals surface area contributed by atoms with Gasteiger partial charge in [-0.1, -0.05) is 18.2 Å². The topological polar surface area (TPSA) is 48.4 Å². The van der Waals surface area contributed by atoms with Gasteiger partial charge in [0.1, 0.15) is 5.69 Å². The van der Waals surface area contributed by atoms with E-state index in [0.29, 0.717) is 17.2 Å². The van der Waals surface area contributed by atoms with Crippen molar-refractivity contribution in [1.82, 2.24) is 4.98 Å². The molecule has 0 bridgehead atoms. The molecular formula is C16H15NO3. The van der Waals surface area contributed by atoms with Crippen molar-refractivity contribution in [3.63, 3.8) is 0 Å². The highest BCUT2D eigenvalue weighted by molar-refractivity contribution is 6.05. The lowest BCUT2D eigenvalue weighted by molar-refractivity contribution is 0.104. The maximum Gasteiger partial charge on any atom is 0.204 e. The van der Waals surface area contributed by atoms with Crippen LogP contribution in [0.4, 0.5) is 0 Å². The largest absolute Gasteiger partial charge is 0.493 e. The van der Waals surface area contributed by atoms with E-state index in [9.17, 15) is 4.79 Å². The van der Waals surface area contributed by atoms with E-state index in [4.69, 9.17) is 9.47 Å². The number of rotatable bonds is 5. The molecule has 0 radical (unpaired) electrons. The molecule has 0 amide bonds. The van der Waals surface area contributed by atoms with Crippen molar-refractivity contribution < 1.29 is 14.3 Å². The summed E-state index contributed by atoms with van der Waals surface area (Å²) >= 11 is 0. The number of benzene rings is 1. The number of carbonyl (C=O) groups excluding carboxylic acids is 1. The fraction of sp³-hybridized carbons (Fsp3) is 0.125. The van der Waals surface area contributed by atoms with Gasteiger partial charge in [0.2, 0.25) is 5.78 Å². The molecule has 0 N–H and O–H groups in total. The van der Waals surface area contributed by atoms with Crippen molar-refractivity contribution >= 4 is 11.9 Å². The first-order valence-corrected chi connectivity index (χ1v) is 6.10. The minimum Gasteiger partial charge on any atom is -0.493 e. The summed E-state index contributed by atoms with van der Waals surface area (Å²) in [6.07, 6.45) is 4.81. The summed E-state index contributed by atoms with van der Waals surface area (Å²) in [4.78, 5) is 15.9. The lowest BCUT2D eigenvalue weighted by atomic mass is 10.1. The molecule has 4 heteroatoms. The van der Waals surface area contributed by atoms with E-state index in [1.807, 2.05) is 6.07 Å². The first-order chi connectivity index (χ1) is 9.74. The molecule has 0 aliphatic rings. The smallest absolute Gasteiger partial charge is 0.204 e. The molecule has 2 rings (SSSR count). The Hall–Kier alpha value is -2.62. The van der Waals surface area contributed by atoms with Crippen LogP contribution in [0.1, 0.15) is 16.1 Å². The molecule has 1 aromatic heterocycles. The molecule has 1 aromatic carbocycles. The number of allylic oxidation sites excluding steroid dienone is 1. The molecule has 4 nitrogen and oxygen atoms in total. The second-order valence-electron chi connectivity index (χ2n) is 4.03. The Morgan fingerprint density at radius 1 is 1.10 bits per heavy atom. The fourth-order valence-corrected chi connectivity index (χ4v) is 1.72. The molecule has 0 atom stereocenters. The Bertz CT molecular complexity index is 621. The predicted molar refractivity (Wildman–Crippen MR) is 77.1 cm³/mol. The monoisotopic (exact) mass is 269 g/mol. The summed E-state index contributed by atoms with van der Waals surface area (Å²) in [6.45, 7) is 0. The van der Waals surface area contributed by atoms with Gasteiger partial charge in [0.25, 0.3) is 0 Å². The number of ketones is 1. The van der Waals surface area contributed by atoms with Crippen LogP contribution in [0.15, 0.2) is 48.7 Å². The molecule has 102 valence electrons. The molecule has 2 aromatic rings. The third-order valence-electron chi connectivity index (χ3n) is 2.75. The van der Waals surface area contributed by atoms with Gasteiger partial charge in [-0.25, -0.2) is 0 Å². The molecule has 0 unspecified atom stereocenters. The zero-order valence-electron chi connectivity index (χ0n) is 11.4. The highest BCUT2D eigenvalue weighted by Crippen LogP contribution is 2.27. The summed E-state index contributed by atoms with van der Waals surface area (Å²) in [5.41, 5.74) is 1.27. The fourth-order valence-electron chi connectivity index (χ4n) is 1.72. The molecule has 0 aliphatic heterocycles. The lowest BCUT2D eigenvalue weighted by Gasteiger charge is -2.07. The maximum atomic E-state index is 11.9. The van der Waals surface area contributed by atoms with Gasteiger partial charge in [0.15, 0.2) is 11.5 Å². The van der Waals surface area contributed by atoms with Crippen LogP contribution in [0.5, 0.6) is 11.5 Å². The zero-order chi connectivity index (χ0) is 14.4. The summed E-state index contributed by atoms with van der Waals surface area (Å²) in [5.74, 6) is 1.14. The number of hydrogen-bond donors (Lipinski definition) is 0. The lowest BCUT2D eigenvalue weighted by Crippen LogP contribution is -1.96. The van der Waals surface area contributed by atoms with Crippen LogP contribution in [-0.4, -0.2) is 25.0 Å². The number of aromatic nitrogens is 1. The van der Waals surface area contributed by atoms with Crippen molar-refractivity contribution in [1.29, 1.82) is 0 Å². The summed E-state index contributed by atoms with van der Waals surface area (Å²) in [5, 5.41) is 0. The molecule has 1 heterocycles. The van der Waals surface area contributed by atoms with Crippen LogP contribution in [0.2, 0.25) is 0 Å². The average molecular weight is 269 g/mol. The molecule has 0 saturated heterocycles. The van der Waals surface area contributed by atoms with E-state index in [2.05, 4.69) is 4.98 Å². The molecule has 0 aliphatic carbocycles. The minimum atomic E-state index is -0.139. The van der Waals surface area contributed by atoms with Crippen LogP contribution in [-0.2, 0) is 0 Å². The van der Waals surface area contributed by atoms with Crippen molar-refractivity contribution in [2.24, 2.45) is 0 Å². The van der Waals surface area contributed by atoms with Crippen LogP contribution < -0.4 is 9.47 Å². The van der Waals surface area contributed by atoms with Crippen LogP contribution >= 0.6 is 0 Å². The van der Waals surface area contributed by atoms with E-state index in [1.54, 1.807) is 56.8 Å². The second kappa shape index (κ2) is 6.52. The standard InChI is InChI=1S/C16H15NO3/c1-19-15-9-7-12(11-16(15)20-2)6-8-14(18)13-5-3-4-10-17-13/h3-11H,1-2H3. The Kier molecular flexibility index (Phi) is 4.50. The summed E-state index contributed by atoms with van der Waals surface area (Å²) in [7, 11) is 3.16. The Labute approximate surface area is 117 Å². The number of hydrogen-bond acceptors (Lipinski definition) is 4. The Morgan fingerprint density at radius 2 is 1.90 bits per heavy atom. The Balaban J connectivity index is 2.17. The molecule has 0 spiro atoms. The zero-order valence-corrected chi connectivity index (χ0v) is 11.4. The first kappa shape index (κ1) is 13.8. The van der Waals surface area contributed by atoms with E-state index >= 15 is 0 Å². The minimum absolute atomic E-state index is 0.139. The van der Waals surface area contributed by atoms with Gasteiger partial charge in [-0.05, 0) is 35.9 Å². The highest BCUT2D eigenvalue weighted by Gasteiger charge is 2.04. The van der Waals surface area contributed by atoms with Crippen LogP contribution in [0.25, 0.3) is 6.08 Å².